The molecule has 0 radical (unpaired) electrons. The molecule has 0 saturated heterocycles. The van der Waals surface area contributed by atoms with Crippen LogP contribution in [0.15, 0.2) is 30.5 Å². The molecule has 25 heavy (non-hydrogen) atoms. The summed E-state index contributed by atoms with van der Waals surface area (Å²) in [6, 6.07) is 7.41. The lowest BCUT2D eigenvalue weighted by Gasteiger charge is -2.07. The van der Waals surface area contributed by atoms with Crippen LogP contribution in [0, 0.1) is 0 Å². The van der Waals surface area contributed by atoms with Gasteiger partial charge in [-0.2, -0.15) is 14.3 Å². The Bertz CT molecular complexity index is 1080. The maximum atomic E-state index is 12.1. The first-order valence-electron chi connectivity index (χ1n) is 7.68. The van der Waals surface area contributed by atoms with Crippen LogP contribution in [0.5, 0.6) is 0 Å². The van der Waals surface area contributed by atoms with Gasteiger partial charge in [0.15, 0.2) is 0 Å². The Hall–Kier alpha value is -3.56. The number of hydrogen-bond donors (Lipinski definition) is 1. The van der Waals surface area contributed by atoms with E-state index >= 15 is 0 Å². The van der Waals surface area contributed by atoms with Crippen LogP contribution in [0.4, 0.5) is 5.82 Å². The van der Waals surface area contributed by atoms with E-state index in [2.05, 4.69) is 25.6 Å². The highest BCUT2D eigenvalue weighted by molar-refractivity contribution is 5.94. The van der Waals surface area contributed by atoms with Gasteiger partial charge >= 0.3 is 5.97 Å². The van der Waals surface area contributed by atoms with Gasteiger partial charge in [0.25, 0.3) is 0 Å². The van der Waals surface area contributed by atoms with Crippen molar-refractivity contribution in [2.24, 2.45) is 0 Å². The molecule has 0 aliphatic rings. The van der Waals surface area contributed by atoms with E-state index in [9.17, 15) is 4.79 Å². The molecule has 0 saturated carbocycles. The molecule has 0 aliphatic heterocycles. The number of hydrogen-bond acceptors (Lipinski definition) is 8. The maximum absolute atomic E-state index is 12.1. The fraction of sp³-hybridized carbons (Fsp3) is 0.200. The van der Waals surface area contributed by atoms with E-state index in [1.54, 1.807) is 4.52 Å². The molecule has 4 aromatic rings. The molecule has 0 fully saturated rings. The van der Waals surface area contributed by atoms with E-state index in [4.69, 9.17) is 10.5 Å². The van der Waals surface area contributed by atoms with Gasteiger partial charge in [0.05, 0.1) is 23.8 Å². The van der Waals surface area contributed by atoms with E-state index in [-0.39, 0.29) is 11.4 Å². The standard InChI is InChI=1S/C15H14N8O2/c1-2-7-25-15(24)9-8-17-23(12(9)16)13-14-19-20-21-22(14)11-6-4-3-5-10(11)18-13/h3-6,8H,2,7,16H2,1H3. The Balaban J connectivity index is 1.88. The number of nitrogens with zero attached hydrogens (tertiary/aromatic N) is 7. The minimum Gasteiger partial charge on any atom is -0.462 e. The largest absolute Gasteiger partial charge is 0.462 e. The summed E-state index contributed by atoms with van der Waals surface area (Å²) in [7, 11) is 0. The third kappa shape index (κ3) is 2.35. The first-order valence-corrected chi connectivity index (χ1v) is 7.68. The van der Waals surface area contributed by atoms with Crippen LogP contribution in [0.1, 0.15) is 23.7 Å². The van der Waals surface area contributed by atoms with Gasteiger partial charge in [-0.3, -0.25) is 0 Å². The first kappa shape index (κ1) is 15.0. The quantitative estimate of drug-likeness (QED) is 0.546. The summed E-state index contributed by atoms with van der Waals surface area (Å²) in [5.74, 6) is -0.0773. The molecule has 4 rings (SSSR count). The van der Waals surface area contributed by atoms with Crippen LogP contribution in [0.3, 0.4) is 0 Å². The molecule has 0 unspecified atom stereocenters. The second-order valence-corrected chi connectivity index (χ2v) is 5.33. The lowest BCUT2D eigenvalue weighted by Crippen LogP contribution is -2.11. The van der Waals surface area contributed by atoms with E-state index < -0.39 is 5.97 Å². The Labute approximate surface area is 141 Å². The van der Waals surface area contributed by atoms with Gasteiger partial charge in [-0.15, -0.1) is 5.10 Å². The molecule has 0 bridgehead atoms. The average molecular weight is 338 g/mol. The number of benzene rings is 1. The number of nitrogen functional groups attached to an aromatic ring is 1. The Kier molecular flexibility index (Phi) is 3.49. The van der Waals surface area contributed by atoms with Crippen molar-refractivity contribution in [3.05, 3.63) is 36.0 Å². The van der Waals surface area contributed by atoms with Crippen molar-refractivity contribution >= 4 is 28.5 Å². The summed E-state index contributed by atoms with van der Waals surface area (Å²) >= 11 is 0. The van der Waals surface area contributed by atoms with Gasteiger partial charge in [-0.1, -0.05) is 19.1 Å². The van der Waals surface area contributed by atoms with Gasteiger partial charge in [-0.25, -0.2) is 9.78 Å². The molecule has 10 nitrogen and oxygen atoms in total. The SMILES string of the molecule is CCCOC(=O)c1cnn(-c2nc3ccccc3n3nnnc23)c1N. The molecular formula is C15H14N8O2. The smallest absolute Gasteiger partial charge is 0.343 e. The van der Waals surface area contributed by atoms with E-state index in [1.807, 2.05) is 31.2 Å². The van der Waals surface area contributed by atoms with Crippen molar-refractivity contribution in [3.63, 3.8) is 0 Å². The number of anilines is 1. The Morgan fingerprint density at radius 2 is 2.16 bits per heavy atom. The molecule has 10 heteroatoms. The highest BCUT2D eigenvalue weighted by Crippen LogP contribution is 2.22. The number of carbonyl (C=O) groups is 1. The topological polar surface area (TPSA) is 126 Å². The monoisotopic (exact) mass is 338 g/mol. The predicted molar refractivity (Wildman–Crippen MR) is 88.2 cm³/mol. The minimum atomic E-state index is -0.526. The van der Waals surface area contributed by atoms with Crippen molar-refractivity contribution < 1.29 is 9.53 Å². The van der Waals surface area contributed by atoms with Crippen molar-refractivity contribution in [2.75, 3.05) is 12.3 Å². The zero-order valence-electron chi connectivity index (χ0n) is 13.3. The van der Waals surface area contributed by atoms with Crippen molar-refractivity contribution in [1.29, 1.82) is 0 Å². The zero-order valence-corrected chi connectivity index (χ0v) is 13.3. The van der Waals surface area contributed by atoms with Crippen LogP contribution in [-0.2, 0) is 4.74 Å². The number of nitrogens with two attached hydrogens (primary N) is 1. The van der Waals surface area contributed by atoms with Crippen LogP contribution in [0.25, 0.3) is 22.5 Å². The van der Waals surface area contributed by atoms with Gasteiger partial charge in [0, 0.05) is 0 Å². The number of aromatic nitrogens is 7. The summed E-state index contributed by atoms with van der Waals surface area (Å²) in [6.07, 6.45) is 2.07. The van der Waals surface area contributed by atoms with Crippen LogP contribution in [0.2, 0.25) is 0 Å². The van der Waals surface area contributed by atoms with E-state index in [1.165, 1.54) is 10.9 Å². The minimum absolute atomic E-state index is 0.119. The fourth-order valence-corrected chi connectivity index (χ4v) is 2.49. The highest BCUT2D eigenvalue weighted by atomic mass is 16.5. The summed E-state index contributed by atoms with van der Waals surface area (Å²) in [5.41, 5.74) is 8.06. The highest BCUT2D eigenvalue weighted by Gasteiger charge is 2.21. The van der Waals surface area contributed by atoms with E-state index in [0.29, 0.717) is 23.6 Å². The number of ether oxygens (including phenoxy) is 1. The number of fused-ring (bicyclic) bond motifs is 3. The van der Waals surface area contributed by atoms with Crippen molar-refractivity contribution in [3.8, 4) is 5.82 Å². The maximum Gasteiger partial charge on any atom is 0.343 e. The molecule has 0 aliphatic carbocycles. The van der Waals surface area contributed by atoms with Crippen LogP contribution >= 0.6 is 0 Å². The average Bonchev–Trinajstić information content (AvgIpc) is 3.26. The van der Waals surface area contributed by atoms with Crippen molar-refractivity contribution in [1.82, 2.24) is 34.8 Å². The third-order valence-corrected chi connectivity index (χ3v) is 3.67. The summed E-state index contributed by atoms with van der Waals surface area (Å²) in [6.45, 7) is 2.23. The summed E-state index contributed by atoms with van der Waals surface area (Å²) in [5, 5.41) is 15.9. The number of carbonyl (C=O) groups excluding carboxylic acids is 1. The first-order chi connectivity index (χ1) is 12.2. The predicted octanol–water partition coefficient (Wildman–Crippen LogP) is 1.01. The number of esters is 1. The molecule has 0 amide bonds. The molecule has 1 aromatic carbocycles. The second-order valence-electron chi connectivity index (χ2n) is 5.33. The Morgan fingerprint density at radius 1 is 1.32 bits per heavy atom. The molecule has 3 aromatic heterocycles. The molecule has 126 valence electrons. The van der Waals surface area contributed by atoms with Crippen LogP contribution in [-0.4, -0.2) is 47.4 Å². The van der Waals surface area contributed by atoms with Gasteiger partial charge in [-0.05, 0) is 29.0 Å². The lowest BCUT2D eigenvalue weighted by molar-refractivity contribution is 0.0506. The summed E-state index contributed by atoms with van der Waals surface area (Å²) < 4.78 is 8.00. The van der Waals surface area contributed by atoms with Gasteiger partial charge < -0.3 is 10.5 Å². The summed E-state index contributed by atoms with van der Waals surface area (Å²) in [4.78, 5) is 16.6. The normalized spacial score (nSPS) is 11.2. The van der Waals surface area contributed by atoms with E-state index in [0.717, 1.165) is 11.9 Å². The lowest BCUT2D eigenvalue weighted by atomic mass is 10.3. The molecule has 2 N–H and O–H groups in total. The zero-order chi connectivity index (χ0) is 17.4. The van der Waals surface area contributed by atoms with Gasteiger partial charge in [0.1, 0.15) is 11.4 Å². The van der Waals surface area contributed by atoms with Crippen LogP contribution < -0.4 is 5.73 Å². The molecule has 0 spiro atoms. The fourth-order valence-electron chi connectivity index (χ4n) is 2.49. The van der Waals surface area contributed by atoms with Gasteiger partial charge in [0.2, 0.25) is 11.5 Å². The molecule has 0 atom stereocenters. The van der Waals surface area contributed by atoms with Crippen molar-refractivity contribution in [2.45, 2.75) is 13.3 Å². The number of rotatable bonds is 4. The number of para-hydroxylation sites is 2. The number of tetrazole rings is 1. The third-order valence-electron chi connectivity index (χ3n) is 3.67. The second kappa shape index (κ2) is 5.82. The molecule has 3 heterocycles. The Morgan fingerprint density at radius 3 is 3.00 bits per heavy atom. The molecular weight excluding hydrogens is 324 g/mol.